The molecule has 1 aromatic heterocycles. The standard InChI is InChI=1S/C10H14N4O5S/c1-7(15)13-2-4-14(5-3-13)20(18,19)8-6-11-10(17)12-9(8)16/h6H,2-5H2,1H3,(H2,11,12,16,17). The van der Waals surface area contributed by atoms with Crippen molar-refractivity contribution in [2.75, 3.05) is 26.2 Å². The van der Waals surface area contributed by atoms with Crippen LogP contribution >= 0.6 is 0 Å². The SMILES string of the molecule is CC(=O)N1CCN(S(=O)(=O)c2c[nH]c(=O)[nH]c2=O)CC1. The molecule has 0 aromatic carbocycles. The maximum atomic E-state index is 12.3. The second kappa shape index (κ2) is 5.21. The van der Waals surface area contributed by atoms with Crippen LogP contribution in [0.4, 0.5) is 0 Å². The summed E-state index contributed by atoms with van der Waals surface area (Å²) in [7, 11) is -3.98. The van der Waals surface area contributed by atoms with Gasteiger partial charge < -0.3 is 9.88 Å². The van der Waals surface area contributed by atoms with Crippen molar-refractivity contribution in [2.24, 2.45) is 0 Å². The summed E-state index contributed by atoms with van der Waals surface area (Å²) in [6.07, 6.45) is 0.883. The highest BCUT2D eigenvalue weighted by Gasteiger charge is 2.31. The van der Waals surface area contributed by atoms with E-state index in [-0.39, 0.29) is 32.1 Å². The van der Waals surface area contributed by atoms with Gasteiger partial charge in [0.05, 0.1) is 0 Å². The minimum Gasteiger partial charge on any atom is -0.340 e. The van der Waals surface area contributed by atoms with Crippen LogP contribution in [0, 0.1) is 0 Å². The maximum Gasteiger partial charge on any atom is 0.325 e. The molecule has 0 spiro atoms. The van der Waals surface area contributed by atoms with Crippen LogP contribution in [0.15, 0.2) is 20.7 Å². The largest absolute Gasteiger partial charge is 0.340 e. The molecule has 1 saturated heterocycles. The summed E-state index contributed by atoms with van der Waals surface area (Å²) in [6, 6.07) is 0. The van der Waals surface area contributed by atoms with Crippen LogP contribution in [-0.2, 0) is 14.8 Å². The molecule has 20 heavy (non-hydrogen) atoms. The summed E-state index contributed by atoms with van der Waals surface area (Å²) in [4.78, 5) is 38.7. The van der Waals surface area contributed by atoms with Gasteiger partial charge in [-0.15, -0.1) is 0 Å². The lowest BCUT2D eigenvalue weighted by atomic mass is 10.3. The average molecular weight is 302 g/mol. The maximum absolute atomic E-state index is 12.3. The van der Waals surface area contributed by atoms with E-state index in [1.807, 2.05) is 4.98 Å². The lowest BCUT2D eigenvalue weighted by molar-refractivity contribution is -0.129. The molecular formula is C10H14N4O5S. The fourth-order valence-electron chi connectivity index (χ4n) is 1.97. The van der Waals surface area contributed by atoms with Crippen LogP contribution < -0.4 is 11.2 Å². The molecule has 2 rings (SSSR count). The number of piperazine rings is 1. The van der Waals surface area contributed by atoms with Gasteiger partial charge in [-0.25, -0.2) is 13.2 Å². The van der Waals surface area contributed by atoms with Gasteiger partial charge in [0.25, 0.3) is 5.56 Å². The summed E-state index contributed by atoms with van der Waals surface area (Å²) in [6.45, 7) is 2.18. The Balaban J connectivity index is 2.26. The first-order valence-corrected chi connectivity index (χ1v) is 7.34. The van der Waals surface area contributed by atoms with Gasteiger partial charge in [0, 0.05) is 39.3 Å². The molecule has 0 saturated carbocycles. The van der Waals surface area contributed by atoms with Crippen LogP contribution in [0.3, 0.4) is 0 Å². The molecule has 1 aromatic rings. The van der Waals surface area contributed by atoms with Gasteiger partial charge in [-0.05, 0) is 0 Å². The first-order valence-electron chi connectivity index (χ1n) is 5.90. The van der Waals surface area contributed by atoms with E-state index in [9.17, 15) is 22.8 Å². The van der Waals surface area contributed by atoms with Crippen LogP contribution in [0.25, 0.3) is 0 Å². The summed E-state index contributed by atoms with van der Waals surface area (Å²) >= 11 is 0. The molecule has 0 aliphatic carbocycles. The number of nitrogens with one attached hydrogen (secondary N) is 2. The highest BCUT2D eigenvalue weighted by atomic mass is 32.2. The molecule has 1 aliphatic rings. The number of H-pyrrole nitrogens is 2. The molecule has 1 fully saturated rings. The number of sulfonamides is 1. The van der Waals surface area contributed by atoms with Crippen molar-refractivity contribution < 1.29 is 13.2 Å². The van der Waals surface area contributed by atoms with Crippen LogP contribution in [-0.4, -0.2) is 59.7 Å². The van der Waals surface area contributed by atoms with E-state index in [1.165, 1.54) is 11.8 Å². The van der Waals surface area contributed by atoms with Crippen molar-refractivity contribution in [3.8, 4) is 0 Å². The monoisotopic (exact) mass is 302 g/mol. The Morgan fingerprint density at radius 1 is 1.20 bits per heavy atom. The summed E-state index contributed by atoms with van der Waals surface area (Å²) < 4.78 is 25.7. The van der Waals surface area contributed by atoms with E-state index in [0.29, 0.717) is 0 Å². The molecule has 2 heterocycles. The van der Waals surface area contributed by atoms with E-state index in [4.69, 9.17) is 0 Å². The van der Waals surface area contributed by atoms with Crippen LogP contribution in [0.1, 0.15) is 6.92 Å². The predicted octanol–water partition coefficient (Wildman–Crippen LogP) is -2.08. The summed E-state index contributed by atoms with van der Waals surface area (Å²) in [5, 5.41) is 0. The normalized spacial score (nSPS) is 17.1. The topological polar surface area (TPSA) is 123 Å². The first-order chi connectivity index (χ1) is 9.32. The Labute approximate surface area is 114 Å². The molecule has 2 N–H and O–H groups in total. The second-order valence-corrected chi connectivity index (χ2v) is 6.25. The van der Waals surface area contributed by atoms with E-state index in [1.54, 1.807) is 0 Å². The third-order valence-corrected chi connectivity index (χ3v) is 4.99. The fraction of sp³-hybridized carbons (Fsp3) is 0.500. The van der Waals surface area contributed by atoms with Crippen LogP contribution in [0.5, 0.6) is 0 Å². The zero-order valence-corrected chi connectivity index (χ0v) is 11.6. The van der Waals surface area contributed by atoms with Gasteiger partial charge in [0.2, 0.25) is 15.9 Å². The number of hydrogen-bond donors (Lipinski definition) is 2. The van der Waals surface area contributed by atoms with Crippen molar-refractivity contribution >= 4 is 15.9 Å². The molecular weight excluding hydrogens is 288 g/mol. The smallest absolute Gasteiger partial charge is 0.325 e. The van der Waals surface area contributed by atoms with Gasteiger partial charge in [0.1, 0.15) is 0 Å². The van der Waals surface area contributed by atoms with Crippen molar-refractivity contribution in [3.63, 3.8) is 0 Å². The van der Waals surface area contributed by atoms with Gasteiger partial charge in [-0.1, -0.05) is 0 Å². The Kier molecular flexibility index (Phi) is 3.77. The third kappa shape index (κ3) is 2.65. The lowest BCUT2D eigenvalue weighted by Crippen LogP contribution is -2.50. The number of aromatic nitrogens is 2. The molecule has 0 unspecified atom stereocenters. The number of nitrogens with zero attached hydrogens (tertiary/aromatic N) is 2. The number of hydrogen-bond acceptors (Lipinski definition) is 5. The number of amides is 1. The highest BCUT2D eigenvalue weighted by Crippen LogP contribution is 2.13. The van der Waals surface area contributed by atoms with Crippen LogP contribution in [0.2, 0.25) is 0 Å². The predicted molar refractivity (Wildman–Crippen MR) is 68.7 cm³/mol. The molecule has 1 aliphatic heterocycles. The van der Waals surface area contributed by atoms with E-state index >= 15 is 0 Å². The van der Waals surface area contributed by atoms with E-state index in [0.717, 1.165) is 10.5 Å². The number of carbonyl (C=O) groups is 1. The number of rotatable bonds is 2. The molecule has 9 nitrogen and oxygen atoms in total. The Bertz CT molecular complexity index is 727. The van der Waals surface area contributed by atoms with Gasteiger partial charge in [-0.3, -0.25) is 14.6 Å². The summed E-state index contributed by atoms with van der Waals surface area (Å²) in [5.74, 6) is -0.121. The molecule has 1 amide bonds. The summed E-state index contributed by atoms with van der Waals surface area (Å²) in [5.41, 5.74) is -1.72. The first kappa shape index (κ1) is 14.5. The average Bonchev–Trinajstić information content (AvgIpc) is 2.38. The van der Waals surface area contributed by atoms with Crippen molar-refractivity contribution in [1.29, 1.82) is 0 Å². The Morgan fingerprint density at radius 3 is 2.30 bits per heavy atom. The quantitative estimate of drug-likeness (QED) is 0.648. The molecule has 0 atom stereocenters. The zero-order chi connectivity index (χ0) is 14.9. The Morgan fingerprint density at radius 2 is 1.80 bits per heavy atom. The number of carbonyl (C=O) groups excluding carboxylic acids is 1. The van der Waals surface area contributed by atoms with Gasteiger partial charge in [-0.2, -0.15) is 4.31 Å². The highest BCUT2D eigenvalue weighted by molar-refractivity contribution is 7.89. The molecule has 0 radical (unpaired) electrons. The minimum atomic E-state index is -3.98. The molecule has 10 heteroatoms. The number of aromatic amines is 2. The molecule has 110 valence electrons. The molecule has 0 bridgehead atoms. The van der Waals surface area contributed by atoms with Crippen molar-refractivity contribution in [1.82, 2.24) is 19.2 Å². The van der Waals surface area contributed by atoms with Crippen molar-refractivity contribution in [2.45, 2.75) is 11.8 Å². The third-order valence-electron chi connectivity index (χ3n) is 3.09. The Hall–Kier alpha value is -1.94. The van der Waals surface area contributed by atoms with E-state index in [2.05, 4.69) is 4.98 Å². The van der Waals surface area contributed by atoms with Crippen molar-refractivity contribution in [3.05, 3.63) is 27.0 Å². The van der Waals surface area contributed by atoms with Gasteiger partial charge in [0.15, 0.2) is 4.90 Å². The second-order valence-electron chi connectivity index (χ2n) is 4.35. The fourth-order valence-corrected chi connectivity index (χ4v) is 3.39. The lowest BCUT2D eigenvalue weighted by Gasteiger charge is -2.33. The van der Waals surface area contributed by atoms with Gasteiger partial charge >= 0.3 is 5.69 Å². The minimum absolute atomic E-state index is 0.112. The zero-order valence-electron chi connectivity index (χ0n) is 10.7. The van der Waals surface area contributed by atoms with E-state index < -0.39 is 26.2 Å².